The van der Waals surface area contributed by atoms with E-state index in [1.54, 1.807) is 0 Å². The van der Waals surface area contributed by atoms with Gasteiger partial charge in [0.1, 0.15) is 22.6 Å². The number of nitrogens with zero attached hydrogens (tertiary/aromatic N) is 4. The van der Waals surface area contributed by atoms with Crippen molar-refractivity contribution in [3.8, 4) is 0 Å². The van der Waals surface area contributed by atoms with E-state index in [2.05, 4.69) is 11.8 Å². The molecule has 0 aliphatic carbocycles. The quantitative estimate of drug-likeness (QED) is 0.254. The van der Waals surface area contributed by atoms with Crippen LogP contribution in [-0.2, 0) is 33.4 Å². The van der Waals surface area contributed by atoms with E-state index in [9.17, 15) is 19.2 Å². The van der Waals surface area contributed by atoms with Crippen LogP contribution in [0.4, 0.5) is 0 Å². The van der Waals surface area contributed by atoms with E-state index in [0.29, 0.717) is 65.3 Å². The topological polar surface area (TPSA) is 109 Å². The number of hydrogen-bond acceptors (Lipinski definition) is 11. The van der Waals surface area contributed by atoms with Crippen LogP contribution in [0.25, 0.3) is 0 Å². The molecule has 0 radical (unpaired) electrons. The molecule has 1 aliphatic rings. The summed E-state index contributed by atoms with van der Waals surface area (Å²) in [4.78, 5) is 59.2. The Hall–Kier alpha value is -2.08. The minimum Gasteiger partial charge on any atom is -0.459 e. The lowest BCUT2D eigenvalue weighted by molar-refractivity contribution is -0.158. The molecule has 0 atom stereocenters. The second kappa shape index (κ2) is 18.0. The van der Waals surface area contributed by atoms with Gasteiger partial charge in [-0.15, -0.1) is 0 Å². The molecule has 0 spiro atoms. The Labute approximate surface area is 260 Å². The van der Waals surface area contributed by atoms with Gasteiger partial charge in [-0.05, 0) is 68.7 Å². The molecule has 43 heavy (non-hydrogen) atoms. The van der Waals surface area contributed by atoms with Crippen LogP contribution in [0.1, 0.15) is 88.5 Å². The van der Waals surface area contributed by atoms with E-state index in [4.69, 9.17) is 14.2 Å². The van der Waals surface area contributed by atoms with Gasteiger partial charge < -0.3 is 14.2 Å². The Kier molecular flexibility index (Phi) is 16.3. The van der Waals surface area contributed by atoms with Crippen LogP contribution >= 0.6 is 0 Å². The molecule has 0 amide bonds. The molecule has 11 heteroatoms. The normalized spacial score (nSPS) is 17.9. The highest BCUT2D eigenvalue weighted by Gasteiger charge is 2.25. The van der Waals surface area contributed by atoms with Gasteiger partial charge in [-0.2, -0.15) is 0 Å². The average molecular weight is 613 g/mol. The number of carbonyl (C=O) groups is 4. The average Bonchev–Trinajstić information content (AvgIpc) is 2.80. The highest BCUT2D eigenvalue weighted by atomic mass is 16.6. The number of ether oxygens (including phenoxy) is 3. The van der Waals surface area contributed by atoms with Gasteiger partial charge in [0.15, 0.2) is 0 Å². The zero-order valence-electron chi connectivity index (χ0n) is 28.8. The lowest BCUT2D eigenvalue weighted by Crippen LogP contribution is -2.50. The summed E-state index contributed by atoms with van der Waals surface area (Å²) in [6.45, 7) is 23.6. The van der Waals surface area contributed by atoms with E-state index in [1.807, 2.05) is 77.0 Å². The summed E-state index contributed by atoms with van der Waals surface area (Å²) >= 11 is 0. The zero-order valence-corrected chi connectivity index (χ0v) is 28.8. The number of unbranched alkanes of at least 4 members (excludes halogenated alkanes) is 1. The molecule has 0 aromatic heterocycles. The molecular weight excluding hydrogens is 552 g/mol. The highest BCUT2D eigenvalue weighted by Crippen LogP contribution is 2.11. The summed E-state index contributed by atoms with van der Waals surface area (Å²) in [5.74, 6) is -0.761. The molecule has 1 rings (SSSR count). The maximum atomic E-state index is 12.8. The molecule has 250 valence electrons. The van der Waals surface area contributed by atoms with Gasteiger partial charge in [0.05, 0.1) is 26.2 Å². The minimum atomic E-state index is -0.604. The van der Waals surface area contributed by atoms with E-state index in [0.717, 1.165) is 12.8 Å². The third-order valence-electron chi connectivity index (χ3n) is 6.46. The van der Waals surface area contributed by atoms with Crippen molar-refractivity contribution in [2.45, 2.75) is 105 Å². The largest absolute Gasteiger partial charge is 0.459 e. The van der Waals surface area contributed by atoms with Crippen molar-refractivity contribution in [1.82, 2.24) is 19.6 Å². The molecule has 0 saturated carbocycles. The second-order valence-corrected chi connectivity index (χ2v) is 14.5. The number of hydrogen-bond donors (Lipinski definition) is 0. The summed E-state index contributed by atoms with van der Waals surface area (Å²) in [7, 11) is 0. The standard InChI is InChI=1S/C32H60N4O7/c1-11-12-13-26(37)22-33-14-16-34(23-27(38)41-30(2,3)4)18-20-36(25-29(40)43-32(8,9)10)21-19-35(17-15-33)24-28(39)42-31(5,6)7/h11-25H2,1-10H3. The van der Waals surface area contributed by atoms with Crippen LogP contribution in [0.3, 0.4) is 0 Å². The third-order valence-corrected chi connectivity index (χ3v) is 6.46. The van der Waals surface area contributed by atoms with Crippen LogP contribution in [-0.4, -0.2) is 139 Å². The fourth-order valence-corrected chi connectivity index (χ4v) is 4.58. The summed E-state index contributed by atoms with van der Waals surface area (Å²) in [6.07, 6.45) is 2.35. The van der Waals surface area contributed by atoms with Crippen LogP contribution in [0, 0.1) is 0 Å². The first-order valence-electron chi connectivity index (χ1n) is 15.8. The minimum absolute atomic E-state index is 0.0931. The predicted molar refractivity (Wildman–Crippen MR) is 168 cm³/mol. The zero-order chi connectivity index (χ0) is 32.8. The lowest BCUT2D eigenvalue weighted by atomic mass is 10.2. The van der Waals surface area contributed by atoms with Crippen molar-refractivity contribution >= 4 is 23.7 Å². The Morgan fingerprint density at radius 2 is 0.744 bits per heavy atom. The van der Waals surface area contributed by atoms with E-state index in [1.165, 1.54) is 0 Å². The van der Waals surface area contributed by atoms with Gasteiger partial charge in [0.25, 0.3) is 0 Å². The molecule has 0 aromatic rings. The van der Waals surface area contributed by atoms with E-state index in [-0.39, 0.29) is 43.3 Å². The van der Waals surface area contributed by atoms with Gasteiger partial charge in [-0.25, -0.2) is 0 Å². The maximum Gasteiger partial charge on any atom is 0.320 e. The SMILES string of the molecule is CCCCC(=O)CN1CCN(CC(=O)OC(C)(C)C)CCN(CC(=O)OC(C)(C)C)CCN(CC(=O)OC(C)(C)C)CC1. The highest BCUT2D eigenvalue weighted by molar-refractivity contribution is 5.80. The molecule has 0 N–H and O–H groups in total. The van der Waals surface area contributed by atoms with Crippen LogP contribution < -0.4 is 0 Å². The Bertz CT molecular complexity index is 844. The van der Waals surface area contributed by atoms with Gasteiger partial charge >= 0.3 is 17.9 Å². The van der Waals surface area contributed by atoms with Gasteiger partial charge in [0.2, 0.25) is 0 Å². The Morgan fingerprint density at radius 1 is 0.488 bits per heavy atom. The fraction of sp³-hybridized carbons (Fsp3) is 0.875. The van der Waals surface area contributed by atoms with Crippen molar-refractivity contribution in [3.63, 3.8) is 0 Å². The molecular formula is C32H60N4O7. The van der Waals surface area contributed by atoms with Crippen LogP contribution in [0.15, 0.2) is 0 Å². The number of Topliss-reactive ketones (excluding diaryl/α,β-unsaturated/α-hetero) is 1. The first kappa shape index (κ1) is 38.9. The number of esters is 3. The molecule has 1 fully saturated rings. The first-order valence-corrected chi connectivity index (χ1v) is 15.8. The maximum absolute atomic E-state index is 12.8. The lowest BCUT2D eigenvalue weighted by Gasteiger charge is -2.34. The molecule has 1 saturated heterocycles. The monoisotopic (exact) mass is 612 g/mol. The third kappa shape index (κ3) is 20.5. The van der Waals surface area contributed by atoms with Gasteiger partial charge in [0, 0.05) is 58.8 Å². The van der Waals surface area contributed by atoms with Crippen molar-refractivity contribution in [2.24, 2.45) is 0 Å². The molecule has 0 aromatic carbocycles. The van der Waals surface area contributed by atoms with Crippen molar-refractivity contribution in [1.29, 1.82) is 0 Å². The molecule has 0 bridgehead atoms. The fourth-order valence-electron chi connectivity index (χ4n) is 4.58. The summed E-state index contributed by atoms with van der Waals surface area (Å²) in [5, 5.41) is 0. The summed E-state index contributed by atoms with van der Waals surface area (Å²) in [6, 6.07) is 0. The molecule has 0 unspecified atom stereocenters. The summed E-state index contributed by atoms with van der Waals surface area (Å²) in [5.41, 5.74) is -1.80. The van der Waals surface area contributed by atoms with Crippen molar-refractivity contribution < 1.29 is 33.4 Å². The Balaban J connectivity index is 3.19. The van der Waals surface area contributed by atoms with Crippen LogP contribution in [0.5, 0.6) is 0 Å². The van der Waals surface area contributed by atoms with Gasteiger partial charge in [-0.1, -0.05) is 13.3 Å². The van der Waals surface area contributed by atoms with Gasteiger partial charge in [-0.3, -0.25) is 38.8 Å². The van der Waals surface area contributed by atoms with Crippen LogP contribution in [0.2, 0.25) is 0 Å². The smallest absolute Gasteiger partial charge is 0.320 e. The molecule has 1 heterocycles. The first-order chi connectivity index (χ1) is 19.7. The second-order valence-electron chi connectivity index (χ2n) is 14.5. The van der Waals surface area contributed by atoms with E-state index >= 15 is 0 Å². The summed E-state index contributed by atoms with van der Waals surface area (Å²) < 4.78 is 16.8. The molecule has 11 nitrogen and oxygen atoms in total. The predicted octanol–water partition coefficient (Wildman–Crippen LogP) is 2.99. The number of rotatable bonds is 11. The number of carbonyl (C=O) groups excluding carboxylic acids is 4. The van der Waals surface area contributed by atoms with Crippen molar-refractivity contribution in [2.75, 3.05) is 78.5 Å². The number of ketones is 1. The van der Waals surface area contributed by atoms with Crippen molar-refractivity contribution in [3.05, 3.63) is 0 Å². The molecule has 1 aliphatic heterocycles. The Morgan fingerprint density at radius 3 is 0.977 bits per heavy atom. The van der Waals surface area contributed by atoms with E-state index < -0.39 is 16.8 Å².